The molecule has 1 aromatic heterocycles. The lowest BCUT2D eigenvalue weighted by atomic mass is 10.2. The first kappa shape index (κ1) is 19.0. The molecule has 0 radical (unpaired) electrons. The predicted octanol–water partition coefficient (Wildman–Crippen LogP) is 4.97. The van der Waals surface area contributed by atoms with Crippen LogP contribution >= 0.6 is 11.8 Å². The van der Waals surface area contributed by atoms with Crippen LogP contribution in [0.1, 0.15) is 20.8 Å². The Balaban J connectivity index is 2.04. The van der Waals surface area contributed by atoms with Gasteiger partial charge in [-0.3, -0.25) is 14.9 Å². The Morgan fingerprint density at radius 1 is 1.19 bits per heavy atom. The molecule has 27 heavy (non-hydrogen) atoms. The molecule has 0 unspecified atom stereocenters. The number of carbonyl (C=O) groups excluding carboxylic acids is 1. The van der Waals surface area contributed by atoms with Crippen LogP contribution in [0, 0.1) is 10.1 Å². The molecule has 0 aliphatic carbocycles. The smallest absolute Gasteiger partial charge is 0.321 e. The molecule has 7 heteroatoms. The van der Waals surface area contributed by atoms with Crippen LogP contribution in [0.15, 0.2) is 59.6 Å². The van der Waals surface area contributed by atoms with E-state index < -0.39 is 9.67 Å². The van der Waals surface area contributed by atoms with Crippen LogP contribution in [0.4, 0.5) is 5.69 Å². The number of para-hydroxylation sites is 1. The molecule has 0 aliphatic rings. The van der Waals surface area contributed by atoms with E-state index in [0.717, 1.165) is 21.5 Å². The summed E-state index contributed by atoms with van der Waals surface area (Å²) in [6.07, 6.45) is 1.96. The molecule has 0 saturated heterocycles. The van der Waals surface area contributed by atoms with Crippen LogP contribution in [0.5, 0.6) is 0 Å². The first-order valence-corrected chi connectivity index (χ1v) is 9.36. The number of nitro benzene ring substituents is 1. The van der Waals surface area contributed by atoms with Gasteiger partial charge < -0.3 is 9.30 Å². The summed E-state index contributed by atoms with van der Waals surface area (Å²) in [7, 11) is 0. The molecule has 3 aromatic rings. The van der Waals surface area contributed by atoms with Crippen LogP contribution in [0.3, 0.4) is 0 Å². The average Bonchev–Trinajstić information content (AvgIpc) is 3.00. The van der Waals surface area contributed by atoms with E-state index in [0.29, 0.717) is 6.61 Å². The molecule has 140 valence electrons. The number of esters is 1. The van der Waals surface area contributed by atoms with Gasteiger partial charge in [-0.15, -0.1) is 11.8 Å². The number of non-ortho nitro benzene ring substituents is 1. The lowest BCUT2D eigenvalue weighted by Crippen LogP contribution is -2.29. The van der Waals surface area contributed by atoms with Crippen molar-refractivity contribution in [2.24, 2.45) is 0 Å². The fourth-order valence-electron chi connectivity index (χ4n) is 2.80. The molecule has 0 fully saturated rings. The Morgan fingerprint density at radius 3 is 2.48 bits per heavy atom. The van der Waals surface area contributed by atoms with Gasteiger partial charge in [0.05, 0.1) is 17.0 Å². The van der Waals surface area contributed by atoms with Gasteiger partial charge >= 0.3 is 5.97 Å². The topological polar surface area (TPSA) is 74.4 Å². The average molecular weight is 384 g/mol. The van der Waals surface area contributed by atoms with Gasteiger partial charge in [0.2, 0.25) is 0 Å². The number of ether oxygens (including phenoxy) is 1. The van der Waals surface area contributed by atoms with Crippen molar-refractivity contribution in [3.8, 4) is 5.69 Å². The summed E-state index contributed by atoms with van der Waals surface area (Å²) in [6, 6.07) is 14.3. The number of hydrogen-bond donors (Lipinski definition) is 0. The van der Waals surface area contributed by atoms with Crippen LogP contribution in [-0.4, -0.2) is 26.8 Å². The minimum atomic E-state index is -0.736. The third-order valence-electron chi connectivity index (χ3n) is 4.15. The number of benzene rings is 2. The quantitative estimate of drug-likeness (QED) is 0.259. The van der Waals surface area contributed by atoms with Gasteiger partial charge in [0.15, 0.2) is 0 Å². The maximum absolute atomic E-state index is 12.3. The number of aromatic nitrogens is 1. The number of nitrogens with zero attached hydrogens (tertiary/aromatic N) is 2. The third-order valence-corrected chi connectivity index (χ3v) is 5.37. The highest BCUT2D eigenvalue weighted by molar-refractivity contribution is 8.01. The highest BCUT2D eigenvalue weighted by Crippen LogP contribution is 2.39. The van der Waals surface area contributed by atoms with E-state index in [2.05, 4.69) is 0 Å². The maximum Gasteiger partial charge on any atom is 0.321 e. The maximum atomic E-state index is 12.3. The molecular formula is C20H20N2O4S. The minimum absolute atomic E-state index is 0.0493. The highest BCUT2D eigenvalue weighted by Gasteiger charge is 2.31. The molecule has 3 rings (SSSR count). The van der Waals surface area contributed by atoms with Crippen LogP contribution in [0.25, 0.3) is 16.6 Å². The van der Waals surface area contributed by atoms with Gasteiger partial charge in [-0.25, -0.2) is 0 Å². The lowest BCUT2D eigenvalue weighted by molar-refractivity contribution is -0.384. The van der Waals surface area contributed by atoms with Crippen molar-refractivity contribution in [1.29, 1.82) is 0 Å². The predicted molar refractivity (Wildman–Crippen MR) is 106 cm³/mol. The Morgan fingerprint density at radius 2 is 1.85 bits per heavy atom. The van der Waals surface area contributed by atoms with Crippen molar-refractivity contribution in [3.05, 3.63) is 64.8 Å². The monoisotopic (exact) mass is 384 g/mol. The SMILES string of the molecule is CCOC(=O)C(C)(C)Sc1cn(-c2ccc([N+](=O)[O-])cc2)c2ccccc12. The van der Waals surface area contributed by atoms with Crippen LogP contribution in [0.2, 0.25) is 0 Å². The second kappa shape index (κ2) is 7.44. The first-order valence-electron chi connectivity index (χ1n) is 8.54. The molecule has 0 N–H and O–H groups in total. The lowest BCUT2D eigenvalue weighted by Gasteiger charge is -2.21. The zero-order chi connectivity index (χ0) is 19.6. The number of carbonyl (C=O) groups is 1. The second-order valence-electron chi connectivity index (χ2n) is 6.49. The van der Waals surface area contributed by atoms with Gasteiger partial charge in [-0.2, -0.15) is 0 Å². The van der Waals surface area contributed by atoms with Gasteiger partial charge in [0, 0.05) is 34.3 Å². The summed E-state index contributed by atoms with van der Waals surface area (Å²) in [5.41, 5.74) is 1.83. The molecule has 0 spiro atoms. The van der Waals surface area contributed by atoms with Crippen molar-refractivity contribution in [2.75, 3.05) is 6.61 Å². The molecule has 1 heterocycles. The summed E-state index contributed by atoms with van der Waals surface area (Å²) in [6.45, 7) is 5.81. The number of nitro groups is 1. The largest absolute Gasteiger partial charge is 0.465 e. The molecule has 0 aliphatic heterocycles. The summed E-state index contributed by atoms with van der Waals surface area (Å²) in [5, 5.41) is 11.9. The zero-order valence-electron chi connectivity index (χ0n) is 15.3. The molecule has 6 nitrogen and oxygen atoms in total. The van der Waals surface area contributed by atoms with E-state index in [1.165, 1.54) is 23.9 Å². The standard InChI is InChI=1S/C20H20N2O4S/c1-4-26-19(23)20(2,3)27-18-13-21(17-8-6-5-7-16(17)18)14-9-11-15(12-10-14)22(24)25/h5-13H,4H2,1-3H3. The van der Waals surface area contributed by atoms with Crippen molar-refractivity contribution in [1.82, 2.24) is 4.57 Å². The summed E-state index contributed by atoms with van der Waals surface area (Å²) in [4.78, 5) is 23.7. The van der Waals surface area contributed by atoms with E-state index in [4.69, 9.17) is 4.74 Å². The van der Waals surface area contributed by atoms with Gasteiger partial charge in [-0.05, 0) is 39.0 Å². The van der Waals surface area contributed by atoms with E-state index in [1.54, 1.807) is 19.1 Å². The van der Waals surface area contributed by atoms with Crippen molar-refractivity contribution >= 4 is 34.3 Å². The molecule has 0 bridgehead atoms. The number of hydrogen-bond acceptors (Lipinski definition) is 5. The van der Waals surface area contributed by atoms with E-state index in [1.807, 2.05) is 48.9 Å². The zero-order valence-corrected chi connectivity index (χ0v) is 16.2. The minimum Gasteiger partial charge on any atom is -0.465 e. The van der Waals surface area contributed by atoms with E-state index in [-0.39, 0.29) is 11.7 Å². The number of fused-ring (bicyclic) bond motifs is 1. The van der Waals surface area contributed by atoms with Crippen LogP contribution < -0.4 is 0 Å². The van der Waals surface area contributed by atoms with E-state index in [9.17, 15) is 14.9 Å². The fourth-order valence-corrected chi connectivity index (χ4v) is 3.93. The van der Waals surface area contributed by atoms with Crippen molar-refractivity contribution in [2.45, 2.75) is 30.4 Å². The number of thioether (sulfide) groups is 1. The number of rotatable bonds is 6. The third kappa shape index (κ3) is 3.83. The molecule has 2 aromatic carbocycles. The van der Waals surface area contributed by atoms with Crippen molar-refractivity contribution < 1.29 is 14.5 Å². The Hall–Kier alpha value is -2.80. The summed E-state index contributed by atoms with van der Waals surface area (Å²) < 4.78 is 6.43. The molecule has 0 amide bonds. The van der Waals surface area contributed by atoms with Gasteiger partial charge in [0.25, 0.3) is 5.69 Å². The highest BCUT2D eigenvalue weighted by atomic mass is 32.2. The molecular weight excluding hydrogens is 364 g/mol. The Bertz CT molecular complexity index is 993. The normalized spacial score (nSPS) is 11.5. The Kier molecular flexibility index (Phi) is 5.23. The van der Waals surface area contributed by atoms with Gasteiger partial charge in [-0.1, -0.05) is 18.2 Å². The second-order valence-corrected chi connectivity index (χ2v) is 8.15. The van der Waals surface area contributed by atoms with E-state index >= 15 is 0 Å². The van der Waals surface area contributed by atoms with Crippen LogP contribution in [-0.2, 0) is 9.53 Å². The Labute approximate surface area is 161 Å². The molecule has 0 atom stereocenters. The summed E-state index contributed by atoms with van der Waals surface area (Å²) in [5.74, 6) is -0.262. The van der Waals surface area contributed by atoms with Gasteiger partial charge in [0.1, 0.15) is 4.75 Å². The molecule has 0 saturated carbocycles. The first-order chi connectivity index (χ1) is 12.8. The fraction of sp³-hybridized carbons (Fsp3) is 0.250. The summed E-state index contributed by atoms with van der Waals surface area (Å²) >= 11 is 1.44. The van der Waals surface area contributed by atoms with Crippen molar-refractivity contribution in [3.63, 3.8) is 0 Å².